The minimum atomic E-state index is -2.55. The molecular formula is C69H69BBrCl3N4O7. The average Bonchev–Trinajstić information content (AvgIpc) is 2.86. The topological polar surface area (TPSA) is 143 Å². The zero-order chi connectivity index (χ0) is 63.8. The Bertz CT molecular complexity index is 3810. The van der Waals surface area contributed by atoms with Gasteiger partial charge in [-0.05, 0) is 188 Å². The van der Waals surface area contributed by atoms with Crippen LogP contribution < -0.4 is 36.0 Å². The van der Waals surface area contributed by atoms with Crippen LogP contribution in [0.5, 0.6) is 17.2 Å². The Kier molecular flexibility index (Phi) is 21.7. The standard InChI is InChI=1S/C22H20ClNO2.C20H18ClNO.C14H12BrClO.C13H19BN2O3/c1-15(25)24-20-9-6-16(7-10-20)12-17-8-11-22(26-2)21(13-17)18-4-3-5-19(23)14-18;1-23-20-10-7-15(11-14-5-8-18(22)9-6-14)12-19(20)16-3-2-4-17(21)13-16;1-17-14-6-5-10(9-15)7-13(14)11-3-2-4-12(16)8-11;1-9(17)16-11-7-6-10(8-15-11)14-18-12(2,3)13(4,5)19-14/h3-11,13-14H,12H2,1-2H3,(H,24,25);2-10,12-13H,11,22H2,1H3;2-8H,9H2,1H3;6-8H,1-5H3,(H,15,16,17)/i2D3;;;. The fraction of sp³-hybridized carbons (Fsp3) is 0.203. The number of carbonyl (C=O) groups excluding carboxylic acids is 2. The Morgan fingerprint density at radius 1 is 0.553 bits per heavy atom. The van der Waals surface area contributed by atoms with Crippen molar-refractivity contribution in [3.63, 3.8) is 0 Å². The zero-order valence-corrected chi connectivity index (χ0v) is 52.4. The summed E-state index contributed by atoms with van der Waals surface area (Å²) in [7, 11) is 0.387. The van der Waals surface area contributed by atoms with Crippen molar-refractivity contribution in [3.05, 3.63) is 237 Å². The van der Waals surface area contributed by atoms with Crippen molar-refractivity contribution < 1.29 is 37.2 Å². The molecule has 1 aliphatic rings. The Balaban J connectivity index is 0.000000171. The molecule has 16 heteroatoms. The van der Waals surface area contributed by atoms with Crippen LogP contribution in [0.2, 0.25) is 15.1 Å². The molecule has 0 saturated carbocycles. The largest absolute Gasteiger partial charge is 0.496 e. The summed E-state index contributed by atoms with van der Waals surface area (Å²) in [6, 6.07) is 59.7. The molecule has 85 heavy (non-hydrogen) atoms. The smallest absolute Gasteiger partial charge is 0.496 e. The Labute approximate surface area is 527 Å². The molecule has 0 unspecified atom stereocenters. The second-order valence-corrected chi connectivity index (χ2v) is 22.8. The molecule has 1 aromatic heterocycles. The highest BCUT2D eigenvalue weighted by atomic mass is 79.9. The lowest BCUT2D eigenvalue weighted by Gasteiger charge is -2.32. The predicted molar refractivity (Wildman–Crippen MR) is 354 cm³/mol. The number of halogens is 4. The van der Waals surface area contributed by atoms with Gasteiger partial charge >= 0.3 is 7.12 Å². The van der Waals surface area contributed by atoms with Crippen LogP contribution in [-0.4, -0.2) is 56.4 Å². The van der Waals surface area contributed by atoms with Crippen LogP contribution in [0.1, 0.15) is 73.5 Å². The van der Waals surface area contributed by atoms with Gasteiger partial charge in [-0.25, -0.2) is 4.98 Å². The first-order chi connectivity index (χ1) is 41.8. The number of alkyl halides is 1. The molecule has 1 saturated heterocycles. The van der Waals surface area contributed by atoms with E-state index in [1.807, 2.05) is 161 Å². The van der Waals surface area contributed by atoms with Gasteiger partial charge in [0.2, 0.25) is 11.8 Å². The SMILES string of the molecule is CC(=O)Nc1ccc(B2OC(C)(C)C(C)(C)O2)cn1.COc1ccc(CBr)cc1-c1cccc(Cl)c1.COc1ccc(Cc2ccc(N)cc2)cc1-c1cccc(Cl)c1.[2H]C([2H])([2H])Oc1ccc(Cc2ccc(NC(C)=O)cc2)cc1-c1cccc(Cl)c1. The number of nitrogens with one attached hydrogen (secondary N) is 2. The molecule has 4 N–H and O–H groups in total. The van der Waals surface area contributed by atoms with Gasteiger partial charge in [-0.1, -0.05) is 136 Å². The van der Waals surface area contributed by atoms with Crippen LogP contribution in [-0.2, 0) is 37.1 Å². The molecule has 0 spiro atoms. The first kappa shape index (κ1) is 60.5. The maximum absolute atomic E-state index is 11.1. The number of amides is 2. The van der Waals surface area contributed by atoms with Crippen molar-refractivity contribution in [3.8, 4) is 50.6 Å². The molecule has 10 rings (SSSR count). The number of rotatable bonds is 14. The number of ether oxygens (including phenoxy) is 3. The van der Waals surface area contributed by atoms with Gasteiger partial charge in [0.15, 0.2) is 0 Å². The number of pyridine rings is 1. The minimum Gasteiger partial charge on any atom is -0.496 e. The fourth-order valence-electron chi connectivity index (χ4n) is 8.92. The summed E-state index contributed by atoms with van der Waals surface area (Å²) >= 11 is 21.7. The number of hydrogen-bond donors (Lipinski definition) is 3. The van der Waals surface area contributed by atoms with Gasteiger partial charge in [-0.15, -0.1) is 0 Å². The third-order valence-electron chi connectivity index (χ3n) is 13.9. The lowest BCUT2D eigenvalue weighted by Crippen LogP contribution is -2.41. The molecule has 8 aromatic carbocycles. The van der Waals surface area contributed by atoms with E-state index in [0.717, 1.165) is 84.1 Å². The molecular weight excluding hydrogens is 1190 g/mol. The third kappa shape index (κ3) is 18.7. The van der Waals surface area contributed by atoms with Crippen LogP contribution in [0, 0.1) is 0 Å². The molecule has 9 aromatic rings. The highest BCUT2D eigenvalue weighted by Gasteiger charge is 2.51. The third-order valence-corrected chi connectivity index (χ3v) is 15.3. The number of carbonyl (C=O) groups is 2. The molecule has 438 valence electrons. The molecule has 1 fully saturated rings. The van der Waals surface area contributed by atoms with Crippen molar-refractivity contribution >= 4 is 92.3 Å². The van der Waals surface area contributed by atoms with E-state index < -0.39 is 14.2 Å². The van der Waals surface area contributed by atoms with E-state index in [1.54, 1.807) is 44.7 Å². The van der Waals surface area contributed by atoms with Crippen molar-refractivity contribution in [2.24, 2.45) is 0 Å². The van der Waals surface area contributed by atoms with Crippen LogP contribution in [0.15, 0.2) is 194 Å². The summed E-state index contributed by atoms with van der Waals surface area (Å²) in [5, 5.41) is 8.19. The van der Waals surface area contributed by atoms with Crippen LogP contribution in [0.25, 0.3) is 33.4 Å². The molecule has 0 radical (unpaired) electrons. The number of nitrogens with zero attached hydrogens (tertiary/aromatic N) is 1. The van der Waals surface area contributed by atoms with E-state index in [1.165, 1.54) is 30.5 Å². The molecule has 2 heterocycles. The quantitative estimate of drug-likeness (QED) is 0.0551. The highest BCUT2D eigenvalue weighted by molar-refractivity contribution is 9.08. The van der Waals surface area contributed by atoms with Gasteiger partial charge in [0.25, 0.3) is 0 Å². The second-order valence-electron chi connectivity index (χ2n) is 20.9. The molecule has 11 nitrogen and oxygen atoms in total. The number of anilines is 3. The van der Waals surface area contributed by atoms with E-state index in [9.17, 15) is 9.59 Å². The summed E-state index contributed by atoms with van der Waals surface area (Å²) in [5.74, 6) is 2.24. The Morgan fingerprint density at radius 3 is 1.35 bits per heavy atom. The van der Waals surface area contributed by atoms with E-state index in [4.69, 9.17) is 68.2 Å². The number of methoxy groups -OCH3 is 3. The average molecular weight is 1270 g/mol. The van der Waals surface area contributed by atoms with Gasteiger partial charge in [0.05, 0.1) is 36.6 Å². The lowest BCUT2D eigenvalue weighted by atomic mass is 9.80. The minimum absolute atomic E-state index is 0.117. The van der Waals surface area contributed by atoms with Crippen molar-refractivity contribution in [2.75, 3.05) is 37.6 Å². The molecule has 0 aliphatic carbocycles. The maximum atomic E-state index is 11.1. The fourth-order valence-corrected chi connectivity index (χ4v) is 9.84. The summed E-state index contributed by atoms with van der Waals surface area (Å²) in [6.07, 6.45) is 3.15. The van der Waals surface area contributed by atoms with Crippen molar-refractivity contribution in [1.82, 2.24) is 4.98 Å². The van der Waals surface area contributed by atoms with E-state index >= 15 is 0 Å². The predicted octanol–water partition coefficient (Wildman–Crippen LogP) is 17.0. The summed E-state index contributed by atoms with van der Waals surface area (Å²) in [4.78, 5) is 26.2. The number of hydrogen-bond acceptors (Lipinski definition) is 9. The summed E-state index contributed by atoms with van der Waals surface area (Å²) in [6.45, 7) is 10.9. The molecule has 0 atom stereocenters. The highest BCUT2D eigenvalue weighted by Crippen LogP contribution is 2.38. The van der Waals surface area contributed by atoms with Gasteiger partial charge in [0, 0.05) is 74.0 Å². The first-order valence-corrected chi connectivity index (χ1v) is 29.4. The van der Waals surface area contributed by atoms with Crippen LogP contribution in [0.4, 0.5) is 17.2 Å². The second kappa shape index (κ2) is 30.5. The van der Waals surface area contributed by atoms with Gasteiger partial charge in [0.1, 0.15) is 23.1 Å². The van der Waals surface area contributed by atoms with Crippen LogP contribution >= 0.6 is 50.7 Å². The van der Waals surface area contributed by atoms with Gasteiger partial charge < -0.3 is 39.9 Å². The molecule has 0 bridgehead atoms. The number of aromatic nitrogens is 1. The summed E-state index contributed by atoms with van der Waals surface area (Å²) in [5.41, 5.74) is 18.7. The lowest BCUT2D eigenvalue weighted by molar-refractivity contribution is -0.115. The van der Waals surface area contributed by atoms with Gasteiger partial charge in [-0.3, -0.25) is 9.59 Å². The number of benzene rings is 8. The Morgan fingerprint density at radius 2 is 0.965 bits per heavy atom. The number of nitrogen functional groups attached to an aromatic ring is 1. The first-order valence-electron chi connectivity index (χ1n) is 28.6. The van der Waals surface area contributed by atoms with E-state index in [-0.39, 0.29) is 28.8 Å². The van der Waals surface area contributed by atoms with Crippen molar-refractivity contribution in [2.45, 2.75) is 70.9 Å². The van der Waals surface area contributed by atoms with E-state index in [2.05, 4.69) is 61.9 Å². The van der Waals surface area contributed by atoms with Gasteiger partial charge in [-0.2, -0.15) is 0 Å². The molecule has 1 aliphatic heterocycles. The zero-order valence-electron chi connectivity index (χ0n) is 51.6. The van der Waals surface area contributed by atoms with Crippen LogP contribution in [0.3, 0.4) is 0 Å². The maximum Gasteiger partial charge on any atom is 0.496 e. The number of nitrogens with two attached hydrogens (primary N) is 1. The van der Waals surface area contributed by atoms with E-state index in [0.29, 0.717) is 27.8 Å². The normalized spacial score (nSPS) is 13.3. The molecule has 2 amide bonds. The Hall–Kier alpha value is -7.62. The van der Waals surface area contributed by atoms with Crippen molar-refractivity contribution in [1.29, 1.82) is 0 Å². The monoisotopic (exact) mass is 1260 g/mol. The summed E-state index contributed by atoms with van der Waals surface area (Å²) < 4.78 is 50.2.